The molecule has 1 saturated carbocycles. The van der Waals surface area contributed by atoms with E-state index < -0.39 is 0 Å². The maximum Gasteiger partial charge on any atom is 0.0921 e. The van der Waals surface area contributed by atoms with Crippen LogP contribution in [-0.4, -0.2) is 7.11 Å². The van der Waals surface area contributed by atoms with Crippen molar-refractivity contribution in [3.63, 3.8) is 0 Å². The third-order valence-electron chi connectivity index (χ3n) is 4.00. The SMILES string of the molecule is C=C1CCC[C@@]2(C)CC(OC)=CC[C@H]12. The lowest BCUT2D eigenvalue weighted by Gasteiger charge is -2.45. The van der Waals surface area contributed by atoms with Gasteiger partial charge < -0.3 is 4.74 Å². The molecule has 0 aromatic carbocycles. The fraction of sp³-hybridized carbons (Fsp3) is 0.692. The van der Waals surface area contributed by atoms with Crippen LogP contribution in [0.4, 0.5) is 0 Å². The maximum absolute atomic E-state index is 5.37. The third-order valence-corrected chi connectivity index (χ3v) is 4.00. The minimum absolute atomic E-state index is 0.426. The molecule has 0 amide bonds. The van der Waals surface area contributed by atoms with Crippen molar-refractivity contribution in [3.05, 3.63) is 24.0 Å². The Morgan fingerprint density at radius 2 is 2.36 bits per heavy atom. The van der Waals surface area contributed by atoms with Crippen molar-refractivity contribution in [2.24, 2.45) is 11.3 Å². The Bertz CT molecular complexity index is 277. The molecule has 1 nitrogen and oxygen atoms in total. The first kappa shape index (κ1) is 9.82. The van der Waals surface area contributed by atoms with E-state index in [2.05, 4.69) is 19.6 Å². The molecule has 2 aliphatic carbocycles. The summed E-state index contributed by atoms with van der Waals surface area (Å²) in [6.45, 7) is 6.62. The second-order valence-corrected chi connectivity index (χ2v) is 5.01. The van der Waals surface area contributed by atoms with Gasteiger partial charge in [0, 0.05) is 6.42 Å². The number of ether oxygens (including phenoxy) is 1. The molecule has 1 heteroatoms. The highest BCUT2D eigenvalue weighted by atomic mass is 16.5. The van der Waals surface area contributed by atoms with Crippen molar-refractivity contribution < 1.29 is 4.74 Å². The van der Waals surface area contributed by atoms with Crippen molar-refractivity contribution in [2.45, 2.75) is 39.0 Å². The minimum atomic E-state index is 0.426. The molecule has 0 spiro atoms. The highest BCUT2D eigenvalue weighted by Gasteiger charge is 2.40. The Morgan fingerprint density at radius 3 is 3.07 bits per heavy atom. The molecule has 14 heavy (non-hydrogen) atoms. The number of fused-ring (bicyclic) bond motifs is 1. The van der Waals surface area contributed by atoms with Crippen LogP contribution in [-0.2, 0) is 4.74 Å². The van der Waals surface area contributed by atoms with Gasteiger partial charge in [0.15, 0.2) is 0 Å². The lowest BCUT2D eigenvalue weighted by Crippen LogP contribution is -2.35. The molecule has 0 bridgehead atoms. The predicted octanol–water partition coefficient (Wildman–Crippen LogP) is 3.67. The summed E-state index contributed by atoms with van der Waals surface area (Å²) < 4.78 is 5.37. The average molecular weight is 192 g/mol. The minimum Gasteiger partial charge on any atom is -0.501 e. The smallest absolute Gasteiger partial charge is 0.0921 e. The summed E-state index contributed by atoms with van der Waals surface area (Å²) in [5, 5.41) is 0. The highest BCUT2D eigenvalue weighted by Crippen LogP contribution is 2.51. The summed E-state index contributed by atoms with van der Waals surface area (Å²) in [5.41, 5.74) is 1.89. The van der Waals surface area contributed by atoms with Gasteiger partial charge in [-0.3, -0.25) is 0 Å². The van der Waals surface area contributed by atoms with Crippen molar-refractivity contribution in [1.29, 1.82) is 0 Å². The normalized spacial score (nSPS) is 37.4. The molecule has 0 aromatic rings. The first-order chi connectivity index (χ1) is 6.65. The number of rotatable bonds is 1. The first-order valence-corrected chi connectivity index (χ1v) is 5.56. The van der Waals surface area contributed by atoms with E-state index in [1.54, 1.807) is 7.11 Å². The largest absolute Gasteiger partial charge is 0.501 e. The summed E-state index contributed by atoms with van der Waals surface area (Å²) in [6.07, 6.45) is 8.37. The van der Waals surface area contributed by atoms with Crippen LogP contribution in [0.15, 0.2) is 24.0 Å². The topological polar surface area (TPSA) is 9.23 Å². The second kappa shape index (κ2) is 3.45. The zero-order valence-corrected chi connectivity index (χ0v) is 9.31. The van der Waals surface area contributed by atoms with Gasteiger partial charge in [-0.25, -0.2) is 0 Å². The van der Waals surface area contributed by atoms with Crippen LogP contribution < -0.4 is 0 Å². The van der Waals surface area contributed by atoms with Gasteiger partial charge in [-0.05, 0) is 43.1 Å². The summed E-state index contributed by atoms with van der Waals surface area (Å²) in [7, 11) is 1.78. The van der Waals surface area contributed by atoms with Gasteiger partial charge in [0.1, 0.15) is 0 Å². The molecular formula is C13H20O. The molecule has 0 aromatic heterocycles. The lowest BCUT2D eigenvalue weighted by atomic mass is 9.60. The van der Waals surface area contributed by atoms with Gasteiger partial charge in [-0.2, -0.15) is 0 Å². The molecular weight excluding hydrogens is 172 g/mol. The van der Waals surface area contributed by atoms with E-state index in [4.69, 9.17) is 4.74 Å². The quantitative estimate of drug-likeness (QED) is 0.576. The van der Waals surface area contributed by atoms with E-state index in [1.807, 2.05) is 0 Å². The van der Waals surface area contributed by atoms with E-state index >= 15 is 0 Å². The van der Waals surface area contributed by atoms with Gasteiger partial charge in [0.2, 0.25) is 0 Å². The van der Waals surface area contributed by atoms with Crippen LogP contribution >= 0.6 is 0 Å². The predicted molar refractivity (Wildman–Crippen MR) is 58.9 cm³/mol. The Kier molecular flexibility index (Phi) is 2.42. The zero-order valence-electron chi connectivity index (χ0n) is 9.31. The Morgan fingerprint density at radius 1 is 1.57 bits per heavy atom. The van der Waals surface area contributed by atoms with Gasteiger partial charge in [0.25, 0.3) is 0 Å². The second-order valence-electron chi connectivity index (χ2n) is 5.01. The van der Waals surface area contributed by atoms with Crippen molar-refractivity contribution in [3.8, 4) is 0 Å². The van der Waals surface area contributed by atoms with E-state index in [9.17, 15) is 0 Å². The fourth-order valence-electron chi connectivity index (χ4n) is 3.10. The Balaban J connectivity index is 2.23. The van der Waals surface area contributed by atoms with E-state index in [1.165, 1.54) is 30.6 Å². The molecule has 2 rings (SSSR count). The standard InChI is InChI=1S/C13H20O/c1-10-5-4-8-13(2)9-11(14-3)6-7-12(10)13/h6,12H,1,4-5,7-9H2,2-3H3/t12-,13+/m1/s1. The third kappa shape index (κ3) is 1.49. The number of hydrogen-bond donors (Lipinski definition) is 0. The van der Waals surface area contributed by atoms with Gasteiger partial charge in [0.05, 0.1) is 12.9 Å². The van der Waals surface area contributed by atoms with Crippen LogP contribution in [0.1, 0.15) is 39.0 Å². The molecule has 2 atom stereocenters. The molecule has 1 fully saturated rings. The van der Waals surface area contributed by atoms with Crippen molar-refractivity contribution in [1.82, 2.24) is 0 Å². The molecule has 0 N–H and O–H groups in total. The lowest BCUT2D eigenvalue weighted by molar-refractivity contribution is 0.114. The monoisotopic (exact) mass is 192 g/mol. The fourth-order valence-corrected chi connectivity index (χ4v) is 3.10. The molecule has 0 saturated heterocycles. The summed E-state index contributed by atoms with van der Waals surface area (Å²) in [5.74, 6) is 1.88. The van der Waals surface area contributed by atoms with Crippen LogP contribution in [0.25, 0.3) is 0 Å². The van der Waals surface area contributed by atoms with Gasteiger partial charge in [-0.1, -0.05) is 19.1 Å². The summed E-state index contributed by atoms with van der Waals surface area (Å²) >= 11 is 0. The molecule has 78 valence electrons. The van der Waals surface area contributed by atoms with Crippen LogP contribution in [0.5, 0.6) is 0 Å². The molecule has 0 heterocycles. The van der Waals surface area contributed by atoms with Crippen LogP contribution in [0.3, 0.4) is 0 Å². The summed E-state index contributed by atoms with van der Waals surface area (Å²) in [6, 6.07) is 0. The zero-order chi connectivity index (χ0) is 10.2. The molecule has 0 unspecified atom stereocenters. The Hall–Kier alpha value is -0.720. The van der Waals surface area contributed by atoms with Crippen LogP contribution in [0, 0.1) is 11.3 Å². The highest BCUT2D eigenvalue weighted by molar-refractivity contribution is 5.18. The van der Waals surface area contributed by atoms with Crippen molar-refractivity contribution in [2.75, 3.05) is 7.11 Å². The number of hydrogen-bond acceptors (Lipinski definition) is 1. The Labute approximate surface area is 86.8 Å². The van der Waals surface area contributed by atoms with Gasteiger partial charge >= 0.3 is 0 Å². The van der Waals surface area contributed by atoms with E-state index in [-0.39, 0.29) is 0 Å². The van der Waals surface area contributed by atoms with E-state index in [0.29, 0.717) is 11.3 Å². The summed E-state index contributed by atoms with van der Waals surface area (Å²) in [4.78, 5) is 0. The first-order valence-electron chi connectivity index (χ1n) is 5.56. The van der Waals surface area contributed by atoms with Crippen LogP contribution in [0.2, 0.25) is 0 Å². The van der Waals surface area contributed by atoms with Gasteiger partial charge in [-0.15, -0.1) is 0 Å². The molecule has 0 radical (unpaired) electrons. The van der Waals surface area contributed by atoms with E-state index in [0.717, 1.165) is 12.8 Å². The molecule has 0 aliphatic heterocycles. The number of methoxy groups -OCH3 is 1. The number of allylic oxidation sites excluding steroid dienone is 3. The average Bonchev–Trinajstić information content (AvgIpc) is 2.16. The van der Waals surface area contributed by atoms with Crippen molar-refractivity contribution >= 4 is 0 Å². The molecule has 2 aliphatic rings. The maximum atomic E-state index is 5.37.